The van der Waals surface area contributed by atoms with Gasteiger partial charge in [0.1, 0.15) is 0 Å². The first-order valence-electron chi connectivity index (χ1n) is 2.83. The van der Waals surface area contributed by atoms with E-state index >= 15 is 0 Å². The molecule has 0 aliphatic carbocycles. The summed E-state index contributed by atoms with van der Waals surface area (Å²) in [6, 6.07) is 5.29. The van der Waals surface area contributed by atoms with Crippen molar-refractivity contribution in [3.63, 3.8) is 0 Å². The van der Waals surface area contributed by atoms with Gasteiger partial charge in [0.25, 0.3) is 10.1 Å². The van der Waals surface area contributed by atoms with E-state index in [1.807, 2.05) is 0 Å². The minimum atomic E-state index is -4.08. The zero-order valence-electron chi connectivity index (χ0n) is 6.41. The fourth-order valence-corrected chi connectivity index (χ4v) is 1.12. The Labute approximate surface area is 86.5 Å². The molecule has 5 N–H and O–H groups in total. The SMILES string of the molecule is Nc1ccc(S(=O)(=O)O)cc1.O.[Fe]. The Morgan fingerprint density at radius 1 is 1.15 bits per heavy atom. The summed E-state index contributed by atoms with van der Waals surface area (Å²) in [5, 5.41) is 0. The average Bonchev–Trinajstić information content (AvgIpc) is 1.86. The van der Waals surface area contributed by atoms with Crippen LogP contribution >= 0.6 is 0 Å². The maximum absolute atomic E-state index is 10.5. The predicted octanol–water partition coefficient (Wildman–Crippen LogP) is -0.312. The smallest absolute Gasteiger partial charge is 0.294 e. The van der Waals surface area contributed by atoms with Gasteiger partial charge in [-0.25, -0.2) is 0 Å². The Balaban J connectivity index is 0. The second-order valence-corrected chi connectivity index (χ2v) is 3.47. The van der Waals surface area contributed by atoms with Crippen LogP contribution in [0.4, 0.5) is 5.69 Å². The van der Waals surface area contributed by atoms with Crippen LogP contribution in [0.25, 0.3) is 0 Å². The number of rotatable bonds is 1. The van der Waals surface area contributed by atoms with Crippen LogP contribution in [0.15, 0.2) is 29.2 Å². The van der Waals surface area contributed by atoms with Crippen molar-refractivity contribution in [1.82, 2.24) is 0 Å². The van der Waals surface area contributed by atoms with E-state index < -0.39 is 10.1 Å². The zero-order valence-corrected chi connectivity index (χ0v) is 8.33. The Morgan fingerprint density at radius 2 is 1.54 bits per heavy atom. The molecular weight excluding hydrogens is 238 g/mol. The second-order valence-electron chi connectivity index (χ2n) is 2.04. The van der Waals surface area contributed by atoms with Crippen LogP contribution in [0, 0.1) is 0 Å². The van der Waals surface area contributed by atoms with Gasteiger partial charge in [0.15, 0.2) is 0 Å². The van der Waals surface area contributed by atoms with Gasteiger partial charge in [-0.2, -0.15) is 8.42 Å². The molecule has 0 aromatic heterocycles. The zero-order chi connectivity index (χ0) is 8.48. The molecule has 5 nitrogen and oxygen atoms in total. The quantitative estimate of drug-likeness (QED) is 0.402. The summed E-state index contributed by atoms with van der Waals surface area (Å²) in [7, 11) is -4.08. The molecule has 0 bridgehead atoms. The van der Waals surface area contributed by atoms with Gasteiger partial charge in [-0.05, 0) is 24.3 Å². The van der Waals surface area contributed by atoms with Crippen molar-refractivity contribution in [2.45, 2.75) is 4.90 Å². The van der Waals surface area contributed by atoms with Crippen LogP contribution in [0.3, 0.4) is 0 Å². The first kappa shape index (κ1) is 14.9. The Kier molecular flexibility index (Phi) is 5.97. The third-order valence-corrected chi connectivity index (χ3v) is 2.05. The molecule has 0 aliphatic rings. The topological polar surface area (TPSA) is 112 Å². The molecule has 0 unspecified atom stereocenters. The van der Waals surface area contributed by atoms with Gasteiger partial charge < -0.3 is 11.2 Å². The van der Waals surface area contributed by atoms with Crippen molar-refractivity contribution in [2.24, 2.45) is 0 Å². The number of nitrogens with two attached hydrogens (primary N) is 1. The van der Waals surface area contributed by atoms with Gasteiger partial charge in [0.2, 0.25) is 0 Å². The molecule has 1 rings (SSSR count). The molecule has 0 aliphatic heterocycles. The molecule has 0 fully saturated rings. The Morgan fingerprint density at radius 3 is 1.85 bits per heavy atom. The van der Waals surface area contributed by atoms with Crippen molar-refractivity contribution in [3.05, 3.63) is 24.3 Å². The Hall–Kier alpha value is -0.591. The number of benzene rings is 1. The molecule has 1 aromatic carbocycles. The van der Waals surface area contributed by atoms with E-state index in [9.17, 15) is 8.42 Å². The Bertz CT molecular complexity index is 347. The standard InChI is InChI=1S/C6H7NO3S.Fe.H2O/c7-5-1-3-6(4-2-5)11(8,9)10;;/h1-4H,7H2,(H,8,9,10);;1H2. The number of nitrogen functional groups attached to an aromatic ring is 1. The summed E-state index contributed by atoms with van der Waals surface area (Å²) < 4.78 is 29.4. The van der Waals surface area contributed by atoms with Crippen molar-refractivity contribution >= 4 is 15.8 Å². The summed E-state index contributed by atoms with van der Waals surface area (Å²) in [4.78, 5) is -0.147. The summed E-state index contributed by atoms with van der Waals surface area (Å²) in [5.74, 6) is 0. The minimum absolute atomic E-state index is 0. The molecule has 7 heteroatoms. The van der Waals surface area contributed by atoms with Crippen molar-refractivity contribution in [2.75, 3.05) is 5.73 Å². The minimum Gasteiger partial charge on any atom is -0.412 e. The van der Waals surface area contributed by atoms with Crippen molar-refractivity contribution in [1.29, 1.82) is 0 Å². The third kappa shape index (κ3) is 4.25. The third-order valence-electron chi connectivity index (χ3n) is 1.18. The number of hydrogen-bond donors (Lipinski definition) is 2. The van der Waals surface area contributed by atoms with E-state index in [1.165, 1.54) is 24.3 Å². The molecule has 0 atom stereocenters. The molecule has 0 saturated heterocycles. The van der Waals surface area contributed by atoms with Crippen molar-refractivity contribution < 1.29 is 35.5 Å². The number of anilines is 1. The van der Waals surface area contributed by atoms with Crippen molar-refractivity contribution in [3.8, 4) is 0 Å². The predicted molar refractivity (Wildman–Crippen MR) is 44.3 cm³/mol. The summed E-state index contributed by atoms with van der Waals surface area (Å²) in [6.07, 6.45) is 0. The average molecular weight is 247 g/mol. The van der Waals surface area contributed by atoms with Gasteiger partial charge in [-0.1, -0.05) is 0 Å². The monoisotopic (exact) mass is 247 g/mol. The molecule has 0 amide bonds. The largest absolute Gasteiger partial charge is 0.412 e. The molecule has 0 radical (unpaired) electrons. The summed E-state index contributed by atoms with van der Waals surface area (Å²) >= 11 is 0. The molecular formula is C6H9FeNO4S. The van der Waals surface area contributed by atoms with Gasteiger partial charge in [0, 0.05) is 22.8 Å². The summed E-state index contributed by atoms with van der Waals surface area (Å²) in [6.45, 7) is 0. The van der Waals surface area contributed by atoms with Gasteiger partial charge >= 0.3 is 0 Å². The van der Waals surface area contributed by atoms with Crippen LogP contribution in [-0.2, 0) is 27.2 Å². The van der Waals surface area contributed by atoms with Gasteiger partial charge in [-0.15, -0.1) is 0 Å². The van der Waals surface area contributed by atoms with Crippen LogP contribution in [0.1, 0.15) is 0 Å². The van der Waals surface area contributed by atoms with Crippen LogP contribution in [-0.4, -0.2) is 18.4 Å². The molecule has 0 saturated carbocycles. The maximum Gasteiger partial charge on any atom is 0.294 e. The van der Waals surface area contributed by atoms with E-state index in [0.29, 0.717) is 5.69 Å². The van der Waals surface area contributed by atoms with E-state index in [4.69, 9.17) is 10.3 Å². The van der Waals surface area contributed by atoms with Crippen LogP contribution in [0.5, 0.6) is 0 Å². The fraction of sp³-hybridized carbons (Fsp3) is 0. The van der Waals surface area contributed by atoms with E-state index in [-0.39, 0.29) is 27.4 Å². The van der Waals surface area contributed by atoms with E-state index in [0.717, 1.165) is 0 Å². The molecule has 13 heavy (non-hydrogen) atoms. The van der Waals surface area contributed by atoms with E-state index in [2.05, 4.69) is 0 Å². The first-order valence-corrected chi connectivity index (χ1v) is 4.27. The molecule has 1 aromatic rings. The van der Waals surface area contributed by atoms with Gasteiger partial charge in [0.05, 0.1) is 4.90 Å². The summed E-state index contributed by atoms with van der Waals surface area (Å²) in [5.41, 5.74) is 5.75. The van der Waals surface area contributed by atoms with Crippen LogP contribution < -0.4 is 5.73 Å². The molecule has 76 valence electrons. The first-order chi connectivity index (χ1) is 5.00. The van der Waals surface area contributed by atoms with E-state index in [1.54, 1.807) is 0 Å². The molecule has 0 spiro atoms. The normalized spacial score (nSPS) is 9.62. The molecule has 0 heterocycles. The fourth-order valence-electron chi connectivity index (χ4n) is 0.640. The number of hydrogen-bond acceptors (Lipinski definition) is 3. The second kappa shape index (κ2) is 5.21. The van der Waals surface area contributed by atoms with Gasteiger partial charge in [-0.3, -0.25) is 4.55 Å². The maximum atomic E-state index is 10.5. The van der Waals surface area contributed by atoms with Crippen LogP contribution in [0.2, 0.25) is 0 Å².